The molecule has 2 rings (SSSR count). The lowest BCUT2D eigenvalue weighted by Gasteiger charge is -2.27. The molecular formula is C13H17BrO. The van der Waals surface area contributed by atoms with Gasteiger partial charge in [-0.1, -0.05) is 53.7 Å². The van der Waals surface area contributed by atoms with Crippen molar-refractivity contribution in [1.82, 2.24) is 0 Å². The lowest BCUT2D eigenvalue weighted by molar-refractivity contribution is 0.0207. The molecule has 0 spiro atoms. The maximum Gasteiger partial charge on any atom is 0.0897 e. The molecule has 1 N–H and O–H groups in total. The van der Waals surface area contributed by atoms with Crippen molar-refractivity contribution >= 4 is 15.9 Å². The monoisotopic (exact) mass is 268 g/mol. The highest BCUT2D eigenvalue weighted by Gasteiger charge is 2.29. The molecule has 1 aliphatic rings. The number of hydrogen-bond acceptors (Lipinski definition) is 1. The molecule has 0 unspecified atom stereocenters. The van der Waals surface area contributed by atoms with Gasteiger partial charge >= 0.3 is 0 Å². The van der Waals surface area contributed by atoms with E-state index in [1.807, 2.05) is 24.3 Å². The third-order valence-electron chi connectivity index (χ3n) is 3.29. The number of benzene rings is 1. The molecule has 1 saturated carbocycles. The molecule has 82 valence electrons. The van der Waals surface area contributed by atoms with Crippen LogP contribution in [0, 0.1) is 0 Å². The van der Waals surface area contributed by atoms with Crippen LogP contribution in [0.1, 0.15) is 44.1 Å². The van der Waals surface area contributed by atoms with Crippen LogP contribution >= 0.6 is 15.9 Å². The molecule has 0 bridgehead atoms. The van der Waals surface area contributed by atoms with Gasteiger partial charge in [-0.2, -0.15) is 0 Å². The highest BCUT2D eigenvalue weighted by Crippen LogP contribution is 2.36. The fourth-order valence-corrected chi connectivity index (χ4v) is 2.78. The van der Waals surface area contributed by atoms with E-state index >= 15 is 0 Å². The third kappa shape index (κ3) is 2.61. The molecule has 0 saturated heterocycles. The van der Waals surface area contributed by atoms with Crippen molar-refractivity contribution in [3.63, 3.8) is 0 Å². The van der Waals surface area contributed by atoms with E-state index in [1.54, 1.807) is 0 Å². The Balaban J connectivity index is 2.26. The minimum absolute atomic E-state index is 0.583. The van der Waals surface area contributed by atoms with Gasteiger partial charge in [0.25, 0.3) is 0 Å². The number of rotatable bonds is 1. The summed E-state index contributed by atoms with van der Waals surface area (Å²) in [4.78, 5) is 0. The topological polar surface area (TPSA) is 20.2 Å². The maximum absolute atomic E-state index is 10.6. The summed E-state index contributed by atoms with van der Waals surface area (Å²) < 4.78 is 1.05. The van der Waals surface area contributed by atoms with Gasteiger partial charge in [-0.05, 0) is 30.5 Å². The van der Waals surface area contributed by atoms with Crippen LogP contribution in [0.2, 0.25) is 0 Å². The summed E-state index contributed by atoms with van der Waals surface area (Å²) in [5, 5.41) is 10.6. The highest BCUT2D eigenvalue weighted by atomic mass is 79.9. The molecule has 1 fully saturated rings. The van der Waals surface area contributed by atoms with Gasteiger partial charge < -0.3 is 5.11 Å². The first-order valence-electron chi connectivity index (χ1n) is 5.69. The Bertz CT molecular complexity index is 327. The third-order valence-corrected chi connectivity index (χ3v) is 3.79. The molecule has 0 aliphatic heterocycles. The van der Waals surface area contributed by atoms with Crippen LogP contribution in [0.4, 0.5) is 0 Å². The first-order chi connectivity index (χ1) is 7.21. The standard InChI is InChI=1S/C13H17BrO/c14-12-7-5-6-11(10-12)13(15)8-3-1-2-4-9-13/h5-7,10,15H,1-4,8-9H2. The van der Waals surface area contributed by atoms with Crippen LogP contribution in [-0.2, 0) is 5.60 Å². The van der Waals surface area contributed by atoms with Gasteiger partial charge in [0, 0.05) is 4.47 Å². The zero-order valence-corrected chi connectivity index (χ0v) is 10.5. The van der Waals surface area contributed by atoms with Crippen molar-refractivity contribution in [2.75, 3.05) is 0 Å². The van der Waals surface area contributed by atoms with Crippen molar-refractivity contribution in [1.29, 1.82) is 0 Å². The molecule has 1 aliphatic carbocycles. The Morgan fingerprint density at radius 1 is 1.07 bits per heavy atom. The van der Waals surface area contributed by atoms with Crippen LogP contribution in [0.25, 0.3) is 0 Å². The summed E-state index contributed by atoms with van der Waals surface area (Å²) in [6.45, 7) is 0. The summed E-state index contributed by atoms with van der Waals surface area (Å²) in [5.74, 6) is 0. The Labute approximate surface area is 99.6 Å². The van der Waals surface area contributed by atoms with Gasteiger partial charge in [0.05, 0.1) is 5.60 Å². The Kier molecular flexibility index (Phi) is 3.47. The first kappa shape index (κ1) is 11.2. The number of halogens is 1. The molecule has 1 aromatic rings. The summed E-state index contributed by atoms with van der Waals surface area (Å²) in [7, 11) is 0. The van der Waals surface area contributed by atoms with E-state index in [-0.39, 0.29) is 0 Å². The smallest absolute Gasteiger partial charge is 0.0897 e. The van der Waals surface area contributed by atoms with Gasteiger partial charge in [-0.15, -0.1) is 0 Å². The Morgan fingerprint density at radius 3 is 2.33 bits per heavy atom. The molecule has 0 atom stereocenters. The normalized spacial score (nSPS) is 20.9. The van der Waals surface area contributed by atoms with E-state index in [2.05, 4.69) is 15.9 Å². The average Bonchev–Trinajstić information content (AvgIpc) is 2.44. The van der Waals surface area contributed by atoms with Crippen molar-refractivity contribution in [2.45, 2.75) is 44.1 Å². The fraction of sp³-hybridized carbons (Fsp3) is 0.538. The first-order valence-corrected chi connectivity index (χ1v) is 6.48. The lowest BCUT2D eigenvalue weighted by atomic mass is 9.87. The van der Waals surface area contributed by atoms with Crippen LogP contribution < -0.4 is 0 Å². The second-order valence-corrected chi connectivity index (χ2v) is 5.37. The molecule has 0 radical (unpaired) electrons. The SMILES string of the molecule is OC1(c2cccc(Br)c2)CCCCCC1. The molecule has 0 aromatic heterocycles. The molecule has 2 heteroatoms. The van der Waals surface area contributed by atoms with Gasteiger partial charge in [0.15, 0.2) is 0 Å². The van der Waals surface area contributed by atoms with E-state index in [0.29, 0.717) is 0 Å². The molecule has 0 amide bonds. The number of aliphatic hydroxyl groups is 1. The van der Waals surface area contributed by atoms with E-state index in [1.165, 1.54) is 12.8 Å². The minimum atomic E-state index is -0.583. The van der Waals surface area contributed by atoms with Gasteiger partial charge in [-0.25, -0.2) is 0 Å². The molecule has 1 aromatic carbocycles. The summed E-state index contributed by atoms with van der Waals surface area (Å²) in [5.41, 5.74) is 0.485. The van der Waals surface area contributed by atoms with E-state index in [9.17, 15) is 5.11 Å². The predicted octanol–water partition coefficient (Wildman–Crippen LogP) is 3.99. The number of hydrogen-bond donors (Lipinski definition) is 1. The van der Waals surface area contributed by atoms with Gasteiger partial charge in [0.1, 0.15) is 0 Å². The summed E-state index contributed by atoms with van der Waals surface area (Å²) in [6, 6.07) is 8.09. The summed E-state index contributed by atoms with van der Waals surface area (Å²) in [6.07, 6.45) is 6.62. The molecule has 0 heterocycles. The van der Waals surface area contributed by atoms with E-state index < -0.39 is 5.60 Å². The highest BCUT2D eigenvalue weighted by molar-refractivity contribution is 9.10. The molecule has 1 nitrogen and oxygen atoms in total. The average molecular weight is 269 g/mol. The predicted molar refractivity (Wildman–Crippen MR) is 65.7 cm³/mol. The largest absolute Gasteiger partial charge is 0.385 e. The van der Waals surface area contributed by atoms with Crippen molar-refractivity contribution in [3.05, 3.63) is 34.3 Å². The van der Waals surface area contributed by atoms with Crippen LogP contribution in [0.15, 0.2) is 28.7 Å². The molecule has 15 heavy (non-hydrogen) atoms. The zero-order chi connectivity index (χ0) is 10.7. The van der Waals surface area contributed by atoms with Crippen molar-refractivity contribution in [3.8, 4) is 0 Å². The van der Waals surface area contributed by atoms with Gasteiger partial charge in [-0.3, -0.25) is 0 Å². The van der Waals surface area contributed by atoms with E-state index in [4.69, 9.17) is 0 Å². The Hall–Kier alpha value is -0.340. The zero-order valence-electron chi connectivity index (χ0n) is 8.88. The lowest BCUT2D eigenvalue weighted by Crippen LogP contribution is -2.24. The second-order valence-electron chi connectivity index (χ2n) is 4.46. The fourth-order valence-electron chi connectivity index (χ4n) is 2.38. The molecular weight excluding hydrogens is 252 g/mol. The van der Waals surface area contributed by atoms with E-state index in [0.717, 1.165) is 35.7 Å². The van der Waals surface area contributed by atoms with Crippen LogP contribution in [-0.4, -0.2) is 5.11 Å². The second kappa shape index (κ2) is 4.67. The Morgan fingerprint density at radius 2 is 1.73 bits per heavy atom. The van der Waals surface area contributed by atoms with Crippen LogP contribution in [0.5, 0.6) is 0 Å². The van der Waals surface area contributed by atoms with Crippen molar-refractivity contribution in [2.24, 2.45) is 0 Å². The van der Waals surface area contributed by atoms with Gasteiger partial charge in [0.2, 0.25) is 0 Å². The maximum atomic E-state index is 10.6. The van der Waals surface area contributed by atoms with Crippen molar-refractivity contribution < 1.29 is 5.11 Å². The minimum Gasteiger partial charge on any atom is -0.385 e. The quantitative estimate of drug-likeness (QED) is 0.764. The summed E-state index contributed by atoms with van der Waals surface area (Å²) >= 11 is 3.46. The van der Waals surface area contributed by atoms with Crippen LogP contribution in [0.3, 0.4) is 0 Å².